The summed E-state index contributed by atoms with van der Waals surface area (Å²) in [4.78, 5) is 4.59. The van der Waals surface area contributed by atoms with Gasteiger partial charge in [-0.15, -0.1) is 0 Å². The van der Waals surface area contributed by atoms with Crippen molar-refractivity contribution in [1.29, 1.82) is 0 Å². The van der Waals surface area contributed by atoms with Crippen molar-refractivity contribution in [3.05, 3.63) is 65.2 Å². The lowest BCUT2D eigenvalue weighted by Crippen LogP contribution is -2.08. The molecule has 0 saturated heterocycles. The fourth-order valence-electron chi connectivity index (χ4n) is 2.21. The first kappa shape index (κ1) is 16.3. The van der Waals surface area contributed by atoms with Gasteiger partial charge in [0.2, 0.25) is 0 Å². The third kappa shape index (κ3) is 3.97. The lowest BCUT2D eigenvalue weighted by Gasteiger charge is -2.11. The average molecular weight is 305 g/mol. The van der Waals surface area contributed by atoms with E-state index in [0.29, 0.717) is 17.7 Å². The van der Waals surface area contributed by atoms with E-state index in [2.05, 4.69) is 4.99 Å². The number of halogens is 3. The molecule has 0 atom stereocenters. The Balaban J connectivity index is 2.47. The molecular formula is C18H18F3N. The Morgan fingerprint density at radius 1 is 1.05 bits per heavy atom. The van der Waals surface area contributed by atoms with Crippen molar-refractivity contribution < 1.29 is 13.2 Å². The molecule has 0 radical (unpaired) electrons. The molecule has 116 valence electrons. The summed E-state index contributed by atoms with van der Waals surface area (Å²) in [5, 5.41) is 0. The largest absolute Gasteiger partial charge is 0.416 e. The molecule has 0 unspecified atom stereocenters. The number of aryl methyl sites for hydroxylation is 1. The second kappa shape index (κ2) is 6.77. The minimum Gasteiger partial charge on any atom is -0.253 e. The van der Waals surface area contributed by atoms with Crippen LogP contribution in [0.15, 0.2) is 53.5 Å². The average Bonchev–Trinajstić information content (AvgIpc) is 2.48. The molecule has 0 aliphatic rings. The summed E-state index contributed by atoms with van der Waals surface area (Å²) < 4.78 is 38.6. The highest BCUT2D eigenvalue weighted by Crippen LogP contribution is 2.30. The van der Waals surface area contributed by atoms with E-state index in [9.17, 15) is 13.2 Å². The number of aliphatic imine (C=N–C) groups is 1. The Morgan fingerprint density at radius 2 is 1.77 bits per heavy atom. The van der Waals surface area contributed by atoms with Gasteiger partial charge in [-0.1, -0.05) is 43.7 Å². The number of hydrogen-bond donors (Lipinski definition) is 0. The molecule has 1 nitrogen and oxygen atoms in total. The van der Waals surface area contributed by atoms with Gasteiger partial charge in [0.1, 0.15) is 0 Å². The van der Waals surface area contributed by atoms with Gasteiger partial charge in [0.05, 0.1) is 11.3 Å². The highest BCUT2D eigenvalue weighted by molar-refractivity contribution is 6.02. The minimum atomic E-state index is -4.34. The van der Waals surface area contributed by atoms with Crippen LogP contribution >= 0.6 is 0 Å². The van der Waals surface area contributed by atoms with E-state index in [1.54, 1.807) is 6.07 Å². The highest BCUT2D eigenvalue weighted by atomic mass is 19.4. The molecule has 0 N–H and O–H groups in total. The lowest BCUT2D eigenvalue weighted by molar-refractivity contribution is -0.137. The van der Waals surface area contributed by atoms with Crippen LogP contribution in [-0.2, 0) is 6.18 Å². The van der Waals surface area contributed by atoms with Crippen molar-refractivity contribution in [2.75, 3.05) is 0 Å². The SMILES string of the molecule is CCCC(=Nc1ccccc1C)c1cccc(C(F)(F)F)c1. The smallest absolute Gasteiger partial charge is 0.253 e. The number of benzene rings is 2. The van der Waals surface area contributed by atoms with Crippen molar-refractivity contribution in [1.82, 2.24) is 0 Å². The Hall–Kier alpha value is -2.10. The standard InChI is InChI=1S/C18H18F3N/c1-3-7-17(22-16-11-5-4-8-13(16)2)14-9-6-10-15(12-14)18(19,20)21/h4-6,8-12H,3,7H2,1-2H3. The zero-order valence-corrected chi connectivity index (χ0v) is 12.6. The zero-order valence-electron chi connectivity index (χ0n) is 12.6. The van der Waals surface area contributed by atoms with E-state index in [0.717, 1.165) is 23.7 Å². The molecule has 0 heterocycles. The number of hydrogen-bond acceptors (Lipinski definition) is 1. The van der Waals surface area contributed by atoms with Gasteiger partial charge in [0.15, 0.2) is 0 Å². The van der Waals surface area contributed by atoms with Crippen molar-refractivity contribution in [3.8, 4) is 0 Å². The van der Waals surface area contributed by atoms with E-state index >= 15 is 0 Å². The van der Waals surface area contributed by atoms with Gasteiger partial charge in [0.25, 0.3) is 0 Å². The van der Waals surface area contributed by atoms with Crippen LogP contribution in [0.25, 0.3) is 0 Å². The number of nitrogens with zero attached hydrogens (tertiary/aromatic N) is 1. The Morgan fingerprint density at radius 3 is 2.41 bits per heavy atom. The Labute approximate surface area is 128 Å². The van der Waals surface area contributed by atoms with Crippen LogP contribution in [0.3, 0.4) is 0 Å². The van der Waals surface area contributed by atoms with Crippen molar-refractivity contribution in [2.24, 2.45) is 4.99 Å². The first-order valence-electron chi connectivity index (χ1n) is 7.22. The van der Waals surface area contributed by atoms with Crippen LogP contribution < -0.4 is 0 Å². The maximum absolute atomic E-state index is 12.9. The molecule has 2 rings (SSSR count). The zero-order chi connectivity index (χ0) is 16.2. The van der Waals surface area contributed by atoms with E-state index in [1.165, 1.54) is 12.1 Å². The molecule has 0 aromatic heterocycles. The number of alkyl halides is 3. The fraction of sp³-hybridized carbons (Fsp3) is 0.278. The maximum Gasteiger partial charge on any atom is 0.416 e. The van der Waals surface area contributed by atoms with Crippen molar-refractivity contribution in [3.63, 3.8) is 0 Å². The molecule has 0 spiro atoms. The molecule has 4 heteroatoms. The van der Waals surface area contributed by atoms with Gasteiger partial charge >= 0.3 is 6.18 Å². The minimum absolute atomic E-state index is 0.528. The maximum atomic E-state index is 12.9. The predicted octanol–water partition coefficient (Wildman–Crippen LogP) is 5.93. The monoisotopic (exact) mass is 305 g/mol. The van der Waals surface area contributed by atoms with Crippen LogP contribution in [0.1, 0.15) is 36.5 Å². The number of rotatable bonds is 4. The second-order valence-corrected chi connectivity index (χ2v) is 5.17. The van der Waals surface area contributed by atoms with E-state index in [4.69, 9.17) is 0 Å². The second-order valence-electron chi connectivity index (χ2n) is 5.17. The molecule has 22 heavy (non-hydrogen) atoms. The molecular weight excluding hydrogens is 287 g/mol. The van der Waals surface area contributed by atoms with Gasteiger partial charge in [0, 0.05) is 5.71 Å². The van der Waals surface area contributed by atoms with Gasteiger partial charge in [-0.2, -0.15) is 13.2 Å². The van der Waals surface area contributed by atoms with Crippen LogP contribution in [0.4, 0.5) is 18.9 Å². The van der Waals surface area contributed by atoms with E-state index < -0.39 is 11.7 Å². The van der Waals surface area contributed by atoms with E-state index in [-0.39, 0.29) is 0 Å². The quantitative estimate of drug-likeness (QED) is 0.620. The Kier molecular flexibility index (Phi) is 5.01. The summed E-state index contributed by atoms with van der Waals surface area (Å²) >= 11 is 0. The molecule has 0 saturated carbocycles. The predicted molar refractivity (Wildman–Crippen MR) is 83.7 cm³/mol. The first-order chi connectivity index (χ1) is 10.4. The van der Waals surface area contributed by atoms with Crippen molar-refractivity contribution in [2.45, 2.75) is 32.9 Å². The molecule has 0 amide bonds. The molecule has 0 aliphatic carbocycles. The first-order valence-corrected chi connectivity index (χ1v) is 7.22. The van der Waals surface area contributed by atoms with Crippen LogP contribution in [0.2, 0.25) is 0 Å². The third-order valence-electron chi connectivity index (χ3n) is 3.38. The normalized spacial score (nSPS) is 12.5. The van der Waals surface area contributed by atoms with Gasteiger partial charge in [-0.05, 0) is 42.7 Å². The topological polar surface area (TPSA) is 12.4 Å². The number of para-hydroxylation sites is 1. The van der Waals surface area contributed by atoms with Gasteiger partial charge in [-0.25, -0.2) is 0 Å². The lowest BCUT2D eigenvalue weighted by atomic mass is 10.0. The molecule has 2 aromatic carbocycles. The summed E-state index contributed by atoms with van der Waals surface area (Å²) in [6.07, 6.45) is -2.88. The Bertz CT molecular complexity index is 672. The van der Waals surface area contributed by atoms with Crippen LogP contribution in [0, 0.1) is 6.92 Å². The van der Waals surface area contributed by atoms with Gasteiger partial charge in [-0.3, -0.25) is 4.99 Å². The molecule has 2 aromatic rings. The summed E-state index contributed by atoms with van der Waals surface area (Å²) in [5.41, 5.74) is 2.37. The molecule has 0 fully saturated rings. The summed E-state index contributed by atoms with van der Waals surface area (Å²) in [6.45, 7) is 3.93. The van der Waals surface area contributed by atoms with Crippen LogP contribution in [0.5, 0.6) is 0 Å². The van der Waals surface area contributed by atoms with Crippen molar-refractivity contribution >= 4 is 11.4 Å². The summed E-state index contributed by atoms with van der Waals surface area (Å²) in [5.74, 6) is 0. The van der Waals surface area contributed by atoms with Crippen LogP contribution in [-0.4, -0.2) is 5.71 Å². The van der Waals surface area contributed by atoms with Gasteiger partial charge < -0.3 is 0 Å². The fourth-order valence-corrected chi connectivity index (χ4v) is 2.21. The van der Waals surface area contributed by atoms with E-state index in [1.807, 2.05) is 38.1 Å². The molecule has 0 bridgehead atoms. The third-order valence-corrected chi connectivity index (χ3v) is 3.38. The highest BCUT2D eigenvalue weighted by Gasteiger charge is 2.30. The molecule has 0 aliphatic heterocycles. The summed E-state index contributed by atoms with van der Waals surface area (Å²) in [6, 6.07) is 13.0. The summed E-state index contributed by atoms with van der Waals surface area (Å²) in [7, 11) is 0.